The molecule has 2 heterocycles. The van der Waals surface area contributed by atoms with Crippen molar-refractivity contribution in [1.29, 1.82) is 0 Å². The first-order valence-corrected chi connectivity index (χ1v) is 8.80. The SMILES string of the molecule is CCCCCCCCC[C@H]1N[C@H](CO)[C@H]2OC(C)(C)O[C@H]21. The van der Waals surface area contributed by atoms with Crippen LogP contribution in [0.15, 0.2) is 0 Å². The molecule has 2 rings (SSSR count). The molecule has 0 amide bonds. The predicted molar refractivity (Wildman–Crippen MR) is 84.2 cm³/mol. The number of ether oxygens (including phenoxy) is 2. The average molecular weight is 299 g/mol. The number of aliphatic hydroxyl groups excluding tert-OH is 1. The van der Waals surface area contributed by atoms with E-state index in [0.717, 1.165) is 6.42 Å². The molecule has 2 aliphatic heterocycles. The van der Waals surface area contributed by atoms with E-state index < -0.39 is 5.79 Å². The summed E-state index contributed by atoms with van der Waals surface area (Å²) in [5.74, 6) is -0.511. The second-order valence-corrected chi connectivity index (χ2v) is 7.04. The summed E-state index contributed by atoms with van der Waals surface area (Å²) in [5.41, 5.74) is 0. The average Bonchev–Trinajstić information content (AvgIpc) is 2.91. The Hall–Kier alpha value is -0.160. The van der Waals surface area contributed by atoms with E-state index >= 15 is 0 Å². The molecule has 2 fully saturated rings. The highest BCUT2D eigenvalue weighted by atomic mass is 16.8. The number of rotatable bonds is 9. The van der Waals surface area contributed by atoms with Gasteiger partial charge < -0.3 is 19.9 Å². The van der Waals surface area contributed by atoms with Gasteiger partial charge in [-0.3, -0.25) is 0 Å². The summed E-state index contributed by atoms with van der Waals surface area (Å²) in [5, 5.41) is 13.0. The molecule has 4 nitrogen and oxygen atoms in total. The van der Waals surface area contributed by atoms with Crippen molar-refractivity contribution in [3.8, 4) is 0 Å². The van der Waals surface area contributed by atoms with Gasteiger partial charge in [0, 0.05) is 6.04 Å². The van der Waals surface area contributed by atoms with Crippen molar-refractivity contribution in [2.45, 2.75) is 102 Å². The maximum Gasteiger partial charge on any atom is 0.163 e. The van der Waals surface area contributed by atoms with Gasteiger partial charge >= 0.3 is 0 Å². The smallest absolute Gasteiger partial charge is 0.163 e. The van der Waals surface area contributed by atoms with E-state index in [0.29, 0.717) is 6.04 Å². The molecule has 2 N–H and O–H groups in total. The van der Waals surface area contributed by atoms with E-state index in [2.05, 4.69) is 12.2 Å². The molecule has 0 aromatic heterocycles. The van der Waals surface area contributed by atoms with Gasteiger partial charge in [0.1, 0.15) is 12.2 Å². The third-order valence-electron chi connectivity index (χ3n) is 4.70. The largest absolute Gasteiger partial charge is 0.395 e. The Morgan fingerprint density at radius 1 is 0.905 bits per heavy atom. The quantitative estimate of drug-likeness (QED) is 0.643. The zero-order valence-electron chi connectivity index (χ0n) is 13.9. The van der Waals surface area contributed by atoms with Crippen LogP contribution in [0, 0.1) is 0 Å². The summed E-state index contributed by atoms with van der Waals surface area (Å²) < 4.78 is 12.0. The Balaban J connectivity index is 1.69. The summed E-state index contributed by atoms with van der Waals surface area (Å²) in [4.78, 5) is 0. The summed E-state index contributed by atoms with van der Waals surface area (Å²) in [6.45, 7) is 6.30. The van der Waals surface area contributed by atoms with Crippen molar-refractivity contribution in [3.63, 3.8) is 0 Å². The molecular formula is C17H33NO3. The lowest BCUT2D eigenvalue weighted by atomic mass is 10.0. The van der Waals surface area contributed by atoms with Gasteiger partial charge in [0.15, 0.2) is 5.79 Å². The number of hydrogen-bond acceptors (Lipinski definition) is 4. The molecule has 0 aromatic carbocycles. The van der Waals surface area contributed by atoms with Gasteiger partial charge in [-0.2, -0.15) is 0 Å². The number of unbranched alkanes of at least 4 members (excludes halogenated alkanes) is 6. The van der Waals surface area contributed by atoms with Gasteiger partial charge in [-0.1, -0.05) is 51.9 Å². The van der Waals surface area contributed by atoms with Gasteiger partial charge in [-0.15, -0.1) is 0 Å². The molecule has 0 bridgehead atoms. The minimum absolute atomic E-state index is 0.000413. The molecule has 0 spiro atoms. The highest BCUT2D eigenvalue weighted by Gasteiger charge is 2.53. The zero-order chi connectivity index (χ0) is 15.3. The maximum absolute atomic E-state index is 9.50. The fourth-order valence-corrected chi connectivity index (χ4v) is 3.63. The van der Waals surface area contributed by atoms with Crippen LogP contribution in [0.2, 0.25) is 0 Å². The van der Waals surface area contributed by atoms with Crippen LogP contribution in [-0.2, 0) is 9.47 Å². The summed E-state index contributed by atoms with van der Waals surface area (Å²) in [6.07, 6.45) is 10.5. The number of hydrogen-bond donors (Lipinski definition) is 2. The third kappa shape index (κ3) is 4.65. The molecule has 2 saturated heterocycles. The summed E-state index contributed by atoms with van der Waals surface area (Å²) in [6, 6.07) is 0.343. The number of aliphatic hydroxyl groups is 1. The fraction of sp³-hybridized carbons (Fsp3) is 1.00. The first-order valence-electron chi connectivity index (χ1n) is 8.80. The molecule has 0 aromatic rings. The van der Waals surface area contributed by atoms with Gasteiger partial charge in [0.2, 0.25) is 0 Å². The second kappa shape index (κ2) is 7.91. The predicted octanol–water partition coefficient (Wildman–Crippen LogP) is 2.98. The lowest BCUT2D eigenvalue weighted by molar-refractivity contribution is -0.157. The van der Waals surface area contributed by atoms with Crippen LogP contribution in [0.4, 0.5) is 0 Å². The van der Waals surface area contributed by atoms with Crippen molar-refractivity contribution in [3.05, 3.63) is 0 Å². The summed E-state index contributed by atoms with van der Waals surface area (Å²) in [7, 11) is 0. The molecule has 4 heteroatoms. The van der Waals surface area contributed by atoms with Crippen LogP contribution in [0.3, 0.4) is 0 Å². The Morgan fingerprint density at radius 3 is 2.10 bits per heavy atom. The van der Waals surface area contributed by atoms with Crippen molar-refractivity contribution in [2.75, 3.05) is 6.61 Å². The van der Waals surface area contributed by atoms with Crippen LogP contribution in [0.5, 0.6) is 0 Å². The molecule has 4 atom stereocenters. The van der Waals surface area contributed by atoms with Gasteiger partial charge in [-0.25, -0.2) is 0 Å². The number of nitrogens with one attached hydrogen (secondary N) is 1. The van der Waals surface area contributed by atoms with E-state index in [1.165, 1.54) is 44.9 Å². The van der Waals surface area contributed by atoms with Crippen molar-refractivity contribution in [2.24, 2.45) is 0 Å². The first kappa shape index (κ1) is 17.2. The maximum atomic E-state index is 9.50. The monoisotopic (exact) mass is 299 g/mol. The lowest BCUT2D eigenvalue weighted by Crippen LogP contribution is -2.40. The standard InChI is InChI=1S/C17H33NO3/c1-4-5-6-7-8-9-10-11-13-15-16(14(12-19)18-13)21-17(2,3)20-15/h13-16,18-19H,4-12H2,1-3H3/t13-,14-,15+,16-/m1/s1. The van der Waals surface area contributed by atoms with Crippen molar-refractivity contribution < 1.29 is 14.6 Å². The minimum atomic E-state index is -0.511. The van der Waals surface area contributed by atoms with E-state index in [1.807, 2.05) is 13.8 Å². The highest BCUT2D eigenvalue weighted by Crippen LogP contribution is 2.36. The Kier molecular flexibility index (Phi) is 6.48. The molecule has 0 radical (unpaired) electrons. The van der Waals surface area contributed by atoms with Crippen LogP contribution >= 0.6 is 0 Å². The van der Waals surface area contributed by atoms with Gasteiger partial charge in [-0.05, 0) is 20.3 Å². The molecule has 124 valence electrons. The molecule has 21 heavy (non-hydrogen) atoms. The highest BCUT2D eigenvalue weighted by molar-refractivity contribution is 5.03. The Bertz CT molecular complexity index is 308. The molecular weight excluding hydrogens is 266 g/mol. The fourth-order valence-electron chi connectivity index (χ4n) is 3.63. The third-order valence-corrected chi connectivity index (χ3v) is 4.70. The van der Waals surface area contributed by atoms with E-state index in [4.69, 9.17) is 9.47 Å². The van der Waals surface area contributed by atoms with Gasteiger partial charge in [0.25, 0.3) is 0 Å². The molecule has 0 unspecified atom stereocenters. The Labute approximate surface area is 129 Å². The van der Waals surface area contributed by atoms with Crippen LogP contribution in [0.25, 0.3) is 0 Å². The van der Waals surface area contributed by atoms with Crippen LogP contribution in [-0.4, -0.2) is 41.8 Å². The van der Waals surface area contributed by atoms with Crippen molar-refractivity contribution in [1.82, 2.24) is 5.32 Å². The molecule has 0 saturated carbocycles. The van der Waals surface area contributed by atoms with Crippen LogP contribution < -0.4 is 5.32 Å². The molecule has 2 aliphatic rings. The number of fused-ring (bicyclic) bond motifs is 1. The zero-order valence-corrected chi connectivity index (χ0v) is 13.9. The van der Waals surface area contributed by atoms with E-state index in [1.54, 1.807) is 0 Å². The normalized spacial score (nSPS) is 34.3. The minimum Gasteiger partial charge on any atom is -0.395 e. The van der Waals surface area contributed by atoms with E-state index in [9.17, 15) is 5.11 Å². The lowest BCUT2D eigenvalue weighted by Gasteiger charge is -2.24. The Morgan fingerprint density at radius 2 is 1.48 bits per heavy atom. The van der Waals surface area contributed by atoms with Gasteiger partial charge in [0.05, 0.1) is 12.6 Å². The molecule has 0 aliphatic carbocycles. The first-order chi connectivity index (χ1) is 10.1. The van der Waals surface area contributed by atoms with Crippen LogP contribution in [0.1, 0.15) is 72.1 Å². The topological polar surface area (TPSA) is 50.7 Å². The second-order valence-electron chi connectivity index (χ2n) is 7.04. The van der Waals surface area contributed by atoms with E-state index in [-0.39, 0.29) is 24.9 Å². The summed E-state index contributed by atoms with van der Waals surface area (Å²) >= 11 is 0. The van der Waals surface area contributed by atoms with Crippen molar-refractivity contribution >= 4 is 0 Å².